The first-order valence-corrected chi connectivity index (χ1v) is 6.58. The molecule has 0 radical (unpaired) electrons. The van der Waals surface area contributed by atoms with Gasteiger partial charge in [0.2, 0.25) is 0 Å². The average Bonchev–Trinajstić information content (AvgIpc) is 2.83. The molecule has 1 unspecified atom stereocenters. The number of nitrogens with one attached hydrogen (secondary N) is 1. The lowest BCUT2D eigenvalue weighted by molar-refractivity contribution is 0.380. The predicted molar refractivity (Wildman–Crippen MR) is 78.8 cm³/mol. The van der Waals surface area contributed by atoms with Crippen molar-refractivity contribution < 1.29 is 9.47 Å². The Bertz CT molecular complexity index is 662. The lowest BCUT2D eigenvalue weighted by Crippen LogP contribution is -2.30. The summed E-state index contributed by atoms with van der Waals surface area (Å²) >= 11 is 0. The summed E-state index contributed by atoms with van der Waals surface area (Å²) in [6.07, 6.45) is 1.50. The molecule has 0 aliphatic rings. The molecule has 2 aromatic rings. The van der Waals surface area contributed by atoms with Gasteiger partial charge in [0.05, 0.1) is 26.8 Å². The summed E-state index contributed by atoms with van der Waals surface area (Å²) in [6, 6.07) is 5.46. The van der Waals surface area contributed by atoms with Crippen LogP contribution >= 0.6 is 0 Å². The van der Waals surface area contributed by atoms with Crippen molar-refractivity contribution >= 4 is 0 Å². The van der Waals surface area contributed by atoms with E-state index in [0.29, 0.717) is 6.54 Å². The van der Waals surface area contributed by atoms with Crippen molar-refractivity contribution in [2.45, 2.75) is 12.6 Å². The van der Waals surface area contributed by atoms with Crippen LogP contribution in [0, 0.1) is 0 Å². The molecule has 21 heavy (non-hydrogen) atoms. The van der Waals surface area contributed by atoms with Gasteiger partial charge in [0.1, 0.15) is 17.8 Å². The van der Waals surface area contributed by atoms with Crippen LogP contribution in [0.15, 0.2) is 29.3 Å². The third-order valence-corrected chi connectivity index (χ3v) is 3.40. The molecule has 0 saturated carbocycles. The Hall–Kier alpha value is -2.28. The Balaban J connectivity index is 2.36. The minimum atomic E-state index is -0.155. The van der Waals surface area contributed by atoms with E-state index >= 15 is 0 Å². The summed E-state index contributed by atoms with van der Waals surface area (Å²) in [6.45, 7) is 0.402. The largest absolute Gasteiger partial charge is 0.497 e. The minimum Gasteiger partial charge on any atom is -0.497 e. The van der Waals surface area contributed by atoms with Gasteiger partial charge < -0.3 is 14.8 Å². The monoisotopic (exact) mass is 292 g/mol. The van der Waals surface area contributed by atoms with Crippen LogP contribution in [0.4, 0.5) is 0 Å². The molecule has 114 valence electrons. The summed E-state index contributed by atoms with van der Waals surface area (Å²) in [7, 11) is 6.73. The third kappa shape index (κ3) is 3.08. The van der Waals surface area contributed by atoms with Gasteiger partial charge >= 0.3 is 5.69 Å². The molecule has 1 aromatic heterocycles. The fourth-order valence-corrected chi connectivity index (χ4v) is 2.18. The highest BCUT2D eigenvalue weighted by molar-refractivity contribution is 5.42. The topological polar surface area (TPSA) is 70.3 Å². The van der Waals surface area contributed by atoms with E-state index < -0.39 is 0 Å². The van der Waals surface area contributed by atoms with Gasteiger partial charge in [-0.15, -0.1) is 0 Å². The van der Waals surface area contributed by atoms with Crippen LogP contribution in [0.25, 0.3) is 0 Å². The molecule has 2 rings (SSSR count). The predicted octanol–water partition coefficient (Wildman–Crippen LogP) is 0.560. The van der Waals surface area contributed by atoms with E-state index in [4.69, 9.17) is 9.47 Å². The Morgan fingerprint density at radius 3 is 2.62 bits per heavy atom. The van der Waals surface area contributed by atoms with Gasteiger partial charge in [-0.2, -0.15) is 5.10 Å². The maximum atomic E-state index is 11.9. The Kier molecular flexibility index (Phi) is 4.64. The first-order valence-electron chi connectivity index (χ1n) is 6.58. The van der Waals surface area contributed by atoms with Crippen molar-refractivity contribution in [1.82, 2.24) is 19.7 Å². The zero-order valence-corrected chi connectivity index (χ0v) is 12.7. The highest BCUT2D eigenvalue weighted by Crippen LogP contribution is 2.29. The van der Waals surface area contributed by atoms with Crippen LogP contribution in [0.2, 0.25) is 0 Å². The molecule has 7 heteroatoms. The lowest BCUT2D eigenvalue weighted by atomic mass is 10.1. The standard InChI is InChI=1S/C14H20N4O3/c1-15-12(8-18-14(19)17(2)9-16-18)11-7-10(20-3)5-6-13(11)21-4/h5-7,9,12,15H,8H2,1-4H3. The molecule has 0 saturated heterocycles. The number of rotatable bonds is 6. The Morgan fingerprint density at radius 2 is 2.10 bits per heavy atom. The van der Waals surface area contributed by atoms with E-state index in [1.807, 2.05) is 25.2 Å². The molecule has 0 fully saturated rings. The quantitative estimate of drug-likeness (QED) is 0.842. The first kappa shape index (κ1) is 15.1. The molecule has 7 nitrogen and oxygen atoms in total. The van der Waals surface area contributed by atoms with Crippen LogP contribution < -0.4 is 20.5 Å². The number of hydrogen-bond donors (Lipinski definition) is 1. The third-order valence-electron chi connectivity index (χ3n) is 3.40. The number of aromatic nitrogens is 3. The van der Waals surface area contributed by atoms with Gasteiger partial charge in [-0.1, -0.05) is 0 Å². The molecule has 0 aliphatic heterocycles. The van der Waals surface area contributed by atoms with Crippen LogP contribution in [-0.4, -0.2) is 35.6 Å². The molecule has 0 spiro atoms. The molecule has 0 bridgehead atoms. The second-order valence-electron chi connectivity index (χ2n) is 4.66. The number of likely N-dealkylation sites (N-methyl/N-ethyl adjacent to an activating group) is 1. The van der Waals surface area contributed by atoms with Crippen molar-refractivity contribution in [2.75, 3.05) is 21.3 Å². The van der Waals surface area contributed by atoms with Crippen LogP contribution in [0.5, 0.6) is 11.5 Å². The van der Waals surface area contributed by atoms with Crippen molar-refractivity contribution in [1.29, 1.82) is 0 Å². The fraction of sp³-hybridized carbons (Fsp3) is 0.429. The van der Waals surface area contributed by atoms with E-state index in [9.17, 15) is 4.79 Å². The van der Waals surface area contributed by atoms with E-state index in [0.717, 1.165) is 17.1 Å². The number of aryl methyl sites for hydroxylation is 1. The zero-order valence-electron chi connectivity index (χ0n) is 12.7. The number of nitrogens with zero attached hydrogens (tertiary/aromatic N) is 3. The van der Waals surface area contributed by atoms with Gasteiger partial charge in [-0.25, -0.2) is 9.48 Å². The highest BCUT2D eigenvalue weighted by atomic mass is 16.5. The second kappa shape index (κ2) is 6.45. The Labute approximate surface area is 123 Å². The van der Waals surface area contributed by atoms with Crippen molar-refractivity contribution in [3.63, 3.8) is 0 Å². The van der Waals surface area contributed by atoms with Crippen LogP contribution in [0.3, 0.4) is 0 Å². The number of benzene rings is 1. The number of ether oxygens (including phenoxy) is 2. The zero-order chi connectivity index (χ0) is 15.4. The van der Waals surface area contributed by atoms with Gasteiger partial charge in [-0.05, 0) is 25.2 Å². The second-order valence-corrected chi connectivity index (χ2v) is 4.66. The molecular formula is C14H20N4O3. The maximum absolute atomic E-state index is 11.9. The highest BCUT2D eigenvalue weighted by Gasteiger charge is 2.18. The molecule has 1 atom stereocenters. The Morgan fingerprint density at radius 1 is 1.33 bits per heavy atom. The summed E-state index contributed by atoms with van der Waals surface area (Å²) in [5, 5.41) is 7.27. The minimum absolute atomic E-state index is 0.123. The molecular weight excluding hydrogens is 272 g/mol. The fourth-order valence-electron chi connectivity index (χ4n) is 2.18. The summed E-state index contributed by atoms with van der Waals surface area (Å²) < 4.78 is 13.5. The van der Waals surface area contributed by atoms with Gasteiger partial charge in [0, 0.05) is 12.6 Å². The lowest BCUT2D eigenvalue weighted by Gasteiger charge is -2.19. The van der Waals surface area contributed by atoms with E-state index in [-0.39, 0.29) is 11.7 Å². The summed E-state index contributed by atoms with van der Waals surface area (Å²) in [5.41, 5.74) is 0.758. The van der Waals surface area contributed by atoms with Gasteiger partial charge in [0.15, 0.2) is 0 Å². The smallest absolute Gasteiger partial charge is 0.345 e. The normalized spacial score (nSPS) is 12.2. The molecule has 1 heterocycles. The number of hydrogen-bond acceptors (Lipinski definition) is 5. The molecule has 1 N–H and O–H groups in total. The summed E-state index contributed by atoms with van der Waals surface area (Å²) in [5.74, 6) is 1.47. The average molecular weight is 292 g/mol. The van der Waals surface area contributed by atoms with Crippen molar-refractivity contribution in [3.05, 3.63) is 40.6 Å². The van der Waals surface area contributed by atoms with Crippen LogP contribution in [-0.2, 0) is 13.6 Å². The summed E-state index contributed by atoms with van der Waals surface area (Å²) in [4.78, 5) is 11.9. The van der Waals surface area contributed by atoms with Crippen molar-refractivity contribution in [2.24, 2.45) is 7.05 Å². The van der Waals surface area contributed by atoms with E-state index in [2.05, 4.69) is 10.4 Å². The van der Waals surface area contributed by atoms with Crippen molar-refractivity contribution in [3.8, 4) is 11.5 Å². The number of methoxy groups -OCH3 is 2. The first-order chi connectivity index (χ1) is 10.1. The van der Waals surface area contributed by atoms with Crippen LogP contribution in [0.1, 0.15) is 11.6 Å². The van der Waals surface area contributed by atoms with E-state index in [1.165, 1.54) is 15.6 Å². The van der Waals surface area contributed by atoms with Gasteiger partial charge in [0.25, 0.3) is 0 Å². The molecule has 0 amide bonds. The van der Waals surface area contributed by atoms with Gasteiger partial charge in [-0.3, -0.25) is 4.57 Å². The maximum Gasteiger partial charge on any atom is 0.345 e. The SMILES string of the molecule is CNC(Cn1ncn(C)c1=O)c1cc(OC)ccc1OC. The van der Waals surface area contributed by atoms with E-state index in [1.54, 1.807) is 21.3 Å². The molecule has 0 aliphatic carbocycles. The molecule has 1 aromatic carbocycles.